The molecule has 2 rings (SSSR count). The highest BCUT2D eigenvalue weighted by Gasteiger charge is 2.37. The molecule has 1 aliphatic carbocycles. The number of hydrogen-bond donors (Lipinski definition) is 1. The van der Waals surface area contributed by atoms with Crippen LogP contribution in [0.1, 0.15) is 46.0 Å². The fourth-order valence-corrected chi connectivity index (χ4v) is 3.23. The van der Waals surface area contributed by atoms with Crippen molar-refractivity contribution in [1.82, 2.24) is 9.80 Å². The van der Waals surface area contributed by atoms with E-state index in [9.17, 15) is 4.79 Å². The van der Waals surface area contributed by atoms with Gasteiger partial charge >= 0.3 is 0 Å². The second-order valence-electron chi connectivity index (χ2n) is 5.90. The van der Waals surface area contributed by atoms with E-state index in [0.717, 1.165) is 45.4 Å². The number of hydrogen-bond acceptors (Lipinski definition) is 3. The number of rotatable bonds is 5. The van der Waals surface area contributed by atoms with Crippen molar-refractivity contribution in [2.24, 2.45) is 5.73 Å². The number of nitrogens with zero attached hydrogens (tertiary/aromatic N) is 2. The minimum Gasteiger partial charge on any atom is -0.341 e. The summed E-state index contributed by atoms with van der Waals surface area (Å²) in [5.41, 5.74) is 5.98. The number of carbonyl (C=O) groups excluding carboxylic acids is 1. The molecule has 0 radical (unpaired) electrons. The van der Waals surface area contributed by atoms with Gasteiger partial charge in [-0.3, -0.25) is 9.69 Å². The summed E-state index contributed by atoms with van der Waals surface area (Å²) >= 11 is 0. The fraction of sp³-hybridized carbons (Fsp3) is 0.929. The summed E-state index contributed by atoms with van der Waals surface area (Å²) < 4.78 is 0. The van der Waals surface area contributed by atoms with E-state index in [-0.39, 0.29) is 11.4 Å². The van der Waals surface area contributed by atoms with Crippen LogP contribution in [0.15, 0.2) is 0 Å². The normalized spacial score (nSPS) is 26.4. The second-order valence-corrected chi connectivity index (χ2v) is 5.90. The van der Waals surface area contributed by atoms with Crippen molar-refractivity contribution < 1.29 is 4.79 Å². The van der Waals surface area contributed by atoms with Crippen LogP contribution in [0.25, 0.3) is 0 Å². The highest BCUT2D eigenvalue weighted by Crippen LogP contribution is 2.33. The maximum atomic E-state index is 12.2. The summed E-state index contributed by atoms with van der Waals surface area (Å²) in [6.07, 6.45) is 4.90. The van der Waals surface area contributed by atoms with Gasteiger partial charge in [-0.05, 0) is 38.8 Å². The average Bonchev–Trinajstić information content (AvgIpc) is 2.78. The fourth-order valence-electron chi connectivity index (χ4n) is 3.23. The van der Waals surface area contributed by atoms with E-state index in [4.69, 9.17) is 5.73 Å². The Morgan fingerprint density at radius 3 is 2.56 bits per heavy atom. The first kappa shape index (κ1) is 13.8. The molecule has 1 heterocycles. The number of likely N-dealkylation sites (tertiary alicyclic amines) is 1. The van der Waals surface area contributed by atoms with Gasteiger partial charge in [0, 0.05) is 31.1 Å². The molecule has 0 spiro atoms. The Balaban J connectivity index is 1.82. The van der Waals surface area contributed by atoms with Crippen molar-refractivity contribution in [2.45, 2.75) is 57.5 Å². The van der Waals surface area contributed by atoms with Crippen LogP contribution in [-0.2, 0) is 4.79 Å². The van der Waals surface area contributed by atoms with Crippen LogP contribution in [-0.4, -0.2) is 53.5 Å². The summed E-state index contributed by atoms with van der Waals surface area (Å²) in [6, 6.07) is 0.555. The molecule has 0 aromatic heterocycles. The molecule has 1 saturated heterocycles. The van der Waals surface area contributed by atoms with Gasteiger partial charge in [-0.15, -0.1) is 0 Å². The predicted molar refractivity (Wildman–Crippen MR) is 73.3 cm³/mol. The lowest BCUT2D eigenvalue weighted by Crippen LogP contribution is -2.50. The number of amides is 1. The van der Waals surface area contributed by atoms with Crippen LogP contribution in [0.3, 0.4) is 0 Å². The van der Waals surface area contributed by atoms with E-state index in [1.54, 1.807) is 0 Å². The van der Waals surface area contributed by atoms with Gasteiger partial charge in [0.05, 0.1) is 0 Å². The average molecular weight is 253 g/mol. The summed E-state index contributed by atoms with van der Waals surface area (Å²) in [5.74, 6) is 0.270. The molecule has 4 heteroatoms. The molecule has 2 N–H and O–H groups in total. The first-order valence-corrected chi connectivity index (χ1v) is 7.38. The molecule has 104 valence electrons. The Morgan fingerprint density at radius 2 is 2.06 bits per heavy atom. The first-order valence-electron chi connectivity index (χ1n) is 7.38. The molecule has 4 nitrogen and oxygen atoms in total. The second kappa shape index (κ2) is 5.57. The quantitative estimate of drug-likeness (QED) is 0.801. The molecule has 1 amide bonds. The summed E-state index contributed by atoms with van der Waals surface area (Å²) in [5, 5.41) is 0. The Labute approximate surface area is 110 Å². The van der Waals surface area contributed by atoms with E-state index >= 15 is 0 Å². The van der Waals surface area contributed by atoms with Gasteiger partial charge in [-0.25, -0.2) is 0 Å². The molecule has 0 bridgehead atoms. The monoisotopic (exact) mass is 253 g/mol. The predicted octanol–water partition coefficient (Wildman–Crippen LogP) is 1.20. The van der Waals surface area contributed by atoms with Crippen LogP contribution >= 0.6 is 0 Å². The zero-order chi connectivity index (χ0) is 13.2. The van der Waals surface area contributed by atoms with E-state index in [0.29, 0.717) is 12.5 Å². The van der Waals surface area contributed by atoms with Crippen molar-refractivity contribution in [3.63, 3.8) is 0 Å². The molecule has 1 unspecified atom stereocenters. The van der Waals surface area contributed by atoms with E-state index < -0.39 is 0 Å². The van der Waals surface area contributed by atoms with Gasteiger partial charge in [-0.1, -0.05) is 13.8 Å². The van der Waals surface area contributed by atoms with Crippen molar-refractivity contribution in [3.8, 4) is 0 Å². The van der Waals surface area contributed by atoms with Gasteiger partial charge < -0.3 is 10.6 Å². The molecule has 0 aromatic rings. The lowest BCUT2D eigenvalue weighted by molar-refractivity contribution is -0.132. The van der Waals surface area contributed by atoms with Gasteiger partial charge in [-0.2, -0.15) is 0 Å². The van der Waals surface area contributed by atoms with E-state index in [2.05, 4.69) is 18.7 Å². The summed E-state index contributed by atoms with van der Waals surface area (Å²) in [7, 11) is 0. The maximum Gasteiger partial charge on any atom is 0.224 e. The van der Waals surface area contributed by atoms with Gasteiger partial charge in [0.25, 0.3) is 0 Å². The highest BCUT2D eigenvalue weighted by molar-refractivity contribution is 5.78. The van der Waals surface area contributed by atoms with Crippen LogP contribution in [0.2, 0.25) is 0 Å². The van der Waals surface area contributed by atoms with E-state index in [1.165, 1.54) is 6.42 Å². The Morgan fingerprint density at radius 1 is 1.39 bits per heavy atom. The lowest BCUT2D eigenvalue weighted by Gasteiger charge is -2.38. The molecular formula is C14H27N3O. The molecule has 2 aliphatic rings. The zero-order valence-corrected chi connectivity index (χ0v) is 11.8. The third kappa shape index (κ3) is 2.86. The van der Waals surface area contributed by atoms with Crippen LogP contribution < -0.4 is 5.73 Å². The van der Waals surface area contributed by atoms with Gasteiger partial charge in [0.1, 0.15) is 0 Å². The van der Waals surface area contributed by atoms with E-state index in [1.807, 2.05) is 4.90 Å². The highest BCUT2D eigenvalue weighted by atomic mass is 16.2. The molecule has 18 heavy (non-hydrogen) atoms. The summed E-state index contributed by atoms with van der Waals surface area (Å²) in [6.45, 7) is 8.34. The third-order valence-corrected chi connectivity index (χ3v) is 4.70. The molecule has 2 fully saturated rings. The Hall–Kier alpha value is -0.610. The molecule has 0 aromatic carbocycles. The smallest absolute Gasteiger partial charge is 0.224 e. The maximum absolute atomic E-state index is 12.2. The Kier molecular flexibility index (Phi) is 4.28. The minimum absolute atomic E-state index is 0.176. The lowest BCUT2D eigenvalue weighted by atomic mass is 9.75. The SMILES string of the molecule is CCN(CC)C1CCN(C(=O)CC2(N)CCC2)C1. The topological polar surface area (TPSA) is 49.6 Å². The van der Waals surface area contributed by atoms with Crippen LogP contribution in [0.4, 0.5) is 0 Å². The van der Waals surface area contributed by atoms with Crippen molar-refractivity contribution in [2.75, 3.05) is 26.2 Å². The Bertz CT molecular complexity index is 297. The molecular weight excluding hydrogens is 226 g/mol. The first-order chi connectivity index (χ1) is 8.58. The molecule has 1 saturated carbocycles. The van der Waals surface area contributed by atoms with Gasteiger partial charge in [0.2, 0.25) is 5.91 Å². The number of carbonyl (C=O) groups is 1. The molecule has 1 atom stereocenters. The summed E-state index contributed by atoms with van der Waals surface area (Å²) in [4.78, 5) is 16.7. The number of likely N-dealkylation sites (N-methyl/N-ethyl adjacent to an activating group) is 1. The standard InChI is InChI=1S/C14H27N3O/c1-3-16(4-2)12-6-9-17(11-12)13(18)10-14(15)7-5-8-14/h12H,3-11,15H2,1-2H3. The third-order valence-electron chi connectivity index (χ3n) is 4.70. The zero-order valence-electron chi connectivity index (χ0n) is 11.8. The van der Waals surface area contributed by atoms with Crippen molar-refractivity contribution >= 4 is 5.91 Å². The largest absolute Gasteiger partial charge is 0.341 e. The van der Waals surface area contributed by atoms with Crippen LogP contribution in [0.5, 0.6) is 0 Å². The molecule has 1 aliphatic heterocycles. The van der Waals surface area contributed by atoms with Crippen LogP contribution in [0, 0.1) is 0 Å². The van der Waals surface area contributed by atoms with Crippen molar-refractivity contribution in [1.29, 1.82) is 0 Å². The van der Waals surface area contributed by atoms with Crippen molar-refractivity contribution in [3.05, 3.63) is 0 Å². The van der Waals surface area contributed by atoms with Gasteiger partial charge in [0.15, 0.2) is 0 Å². The minimum atomic E-state index is -0.176. The number of nitrogens with two attached hydrogens (primary N) is 1.